The summed E-state index contributed by atoms with van der Waals surface area (Å²) in [6.45, 7) is 4.14. The molecule has 0 saturated heterocycles. The van der Waals surface area contributed by atoms with Crippen molar-refractivity contribution >= 4 is 81.3 Å². The molecule has 9 rings (SSSR count). The fourth-order valence-corrected chi connectivity index (χ4v) is 8.55. The zero-order valence-electron chi connectivity index (χ0n) is 25.7. The summed E-state index contributed by atoms with van der Waals surface area (Å²) in [4.78, 5) is 2.32. The predicted molar refractivity (Wildman–Crippen MR) is 204 cm³/mol. The molecule has 2 nitrogen and oxygen atoms in total. The first-order valence-corrected chi connectivity index (χ1v) is 17.6. The number of allylic oxidation sites excluding steroid dienone is 1. The quantitative estimate of drug-likeness (QED) is 0.188. The van der Waals surface area contributed by atoms with Crippen LogP contribution in [0.3, 0.4) is 0 Å². The van der Waals surface area contributed by atoms with Crippen molar-refractivity contribution in [3.05, 3.63) is 152 Å². The molecule has 0 radical (unpaired) electrons. The van der Waals surface area contributed by atoms with Crippen LogP contribution >= 0.6 is 23.1 Å². The number of benzene rings is 5. The van der Waals surface area contributed by atoms with Gasteiger partial charge in [-0.25, -0.2) is 0 Å². The van der Waals surface area contributed by atoms with Gasteiger partial charge in [-0.05, 0) is 110 Å². The highest BCUT2D eigenvalue weighted by molar-refractivity contribution is 7.16. The number of hydrogen-bond donors (Lipinski definition) is 0. The number of rotatable bonds is 5. The number of hydrogen-bond acceptors (Lipinski definition) is 4. The summed E-state index contributed by atoms with van der Waals surface area (Å²) < 4.78 is 9.61. The zero-order valence-corrected chi connectivity index (χ0v) is 27.4. The van der Waals surface area contributed by atoms with E-state index in [1.165, 1.54) is 71.2 Å². The van der Waals surface area contributed by atoms with Crippen LogP contribution in [0.25, 0.3) is 79.8 Å². The Bertz CT molecular complexity index is 2580. The normalized spacial score (nSPS) is 13.5. The Morgan fingerprint density at radius 2 is 1.64 bits per heavy atom. The molecule has 224 valence electrons. The monoisotopic (exact) mass is 638 g/mol. The maximum absolute atomic E-state index is 4.81. The van der Waals surface area contributed by atoms with Gasteiger partial charge in [0, 0.05) is 20.9 Å². The van der Waals surface area contributed by atoms with Gasteiger partial charge in [-0.15, -0.1) is 11.3 Å². The summed E-state index contributed by atoms with van der Waals surface area (Å²) in [5.41, 5.74) is 13.0. The lowest BCUT2D eigenvalue weighted by atomic mass is 9.92. The number of thiophene rings is 1. The van der Waals surface area contributed by atoms with Crippen molar-refractivity contribution in [3.8, 4) is 21.6 Å². The lowest BCUT2D eigenvalue weighted by molar-refractivity contribution is 0.989. The Balaban J connectivity index is 1.06. The molecule has 0 aliphatic heterocycles. The molecule has 2 aliphatic carbocycles. The second-order valence-electron chi connectivity index (χ2n) is 12.3. The fourth-order valence-electron chi connectivity index (χ4n) is 6.96. The van der Waals surface area contributed by atoms with Gasteiger partial charge in [0.25, 0.3) is 0 Å². The predicted octanol–water partition coefficient (Wildman–Crippen LogP) is 10.2. The third-order valence-corrected chi connectivity index (χ3v) is 11.0. The standard InChI is InChI=1S/C43H30N2S2/c1-2-40-36(14-12-28-19-27-11-13-30-7-3-4-8-31(30)22-29(20-27)21-28)26-41(46-40)39-18-17-38(42-43(39)45-47-44-42)35-16-15-34-23-32-9-5-6-10-33(32)24-37(34)25-35/h2-5,7-9,12-26H,1,6,10-11H2/b14-12+,30-13?,31-22?. The minimum absolute atomic E-state index is 0.923. The average molecular weight is 639 g/mol. The number of fused-ring (bicyclic) bond motifs is 6. The zero-order chi connectivity index (χ0) is 31.3. The van der Waals surface area contributed by atoms with Crippen LogP contribution in [0.2, 0.25) is 0 Å². The number of aryl methyl sites for hydroxylation is 1. The Morgan fingerprint density at radius 1 is 0.766 bits per heavy atom. The Labute approximate surface area is 282 Å². The first-order chi connectivity index (χ1) is 23.2. The summed E-state index contributed by atoms with van der Waals surface area (Å²) in [5, 5.41) is 5.11. The summed E-state index contributed by atoms with van der Waals surface area (Å²) in [7, 11) is 0. The van der Waals surface area contributed by atoms with Crippen LogP contribution in [0.15, 0.2) is 104 Å². The first-order valence-electron chi connectivity index (χ1n) is 16.0. The molecule has 7 aromatic rings. The van der Waals surface area contributed by atoms with Crippen molar-refractivity contribution in [1.29, 1.82) is 0 Å². The highest BCUT2D eigenvalue weighted by atomic mass is 32.1. The van der Waals surface area contributed by atoms with Crippen molar-refractivity contribution in [2.75, 3.05) is 0 Å². The molecule has 0 spiro atoms. The van der Waals surface area contributed by atoms with Gasteiger partial charge >= 0.3 is 0 Å². The minimum Gasteiger partial charge on any atom is -0.172 e. The first kappa shape index (κ1) is 28.1. The molecule has 5 aromatic carbocycles. The van der Waals surface area contributed by atoms with E-state index in [0.717, 1.165) is 51.9 Å². The molecule has 47 heavy (non-hydrogen) atoms. The molecule has 0 fully saturated rings. The second kappa shape index (κ2) is 11.6. The average Bonchev–Trinajstić information content (AvgIpc) is 3.76. The molecule has 0 amide bonds. The smallest absolute Gasteiger partial charge is 0.114 e. The molecule has 4 heteroatoms. The van der Waals surface area contributed by atoms with Crippen molar-refractivity contribution in [3.63, 3.8) is 0 Å². The summed E-state index contributed by atoms with van der Waals surface area (Å²) in [6.07, 6.45) is 18.7. The largest absolute Gasteiger partial charge is 0.172 e. The van der Waals surface area contributed by atoms with E-state index >= 15 is 0 Å². The minimum atomic E-state index is 0.923. The maximum Gasteiger partial charge on any atom is 0.114 e. The van der Waals surface area contributed by atoms with Crippen LogP contribution < -0.4 is 10.4 Å². The maximum atomic E-state index is 4.81. The highest BCUT2D eigenvalue weighted by Crippen LogP contribution is 2.40. The number of nitrogens with zero attached hydrogens (tertiary/aromatic N) is 2. The van der Waals surface area contributed by atoms with E-state index in [4.69, 9.17) is 8.75 Å². The van der Waals surface area contributed by atoms with Crippen LogP contribution in [0.4, 0.5) is 0 Å². The van der Waals surface area contributed by atoms with Gasteiger partial charge in [-0.3, -0.25) is 0 Å². The van der Waals surface area contributed by atoms with Gasteiger partial charge in [-0.1, -0.05) is 110 Å². The van der Waals surface area contributed by atoms with E-state index < -0.39 is 0 Å². The fraction of sp³-hybridized carbons (Fsp3) is 0.0698. The molecular weight excluding hydrogens is 609 g/mol. The topological polar surface area (TPSA) is 25.8 Å². The van der Waals surface area contributed by atoms with Gasteiger partial charge in [-0.2, -0.15) is 8.75 Å². The molecule has 0 N–H and O–H groups in total. The van der Waals surface area contributed by atoms with Crippen LogP contribution in [0.5, 0.6) is 0 Å². The van der Waals surface area contributed by atoms with E-state index in [9.17, 15) is 0 Å². The molecule has 2 bridgehead atoms. The summed E-state index contributed by atoms with van der Waals surface area (Å²) >= 11 is 3.04. The Kier molecular flexibility index (Phi) is 6.92. The van der Waals surface area contributed by atoms with E-state index in [1.54, 1.807) is 11.3 Å². The molecule has 2 aromatic heterocycles. The lowest BCUT2D eigenvalue weighted by Crippen LogP contribution is -2.24. The van der Waals surface area contributed by atoms with E-state index in [2.05, 4.69) is 134 Å². The highest BCUT2D eigenvalue weighted by Gasteiger charge is 2.17. The molecular formula is C43H30N2S2. The Hall–Kier alpha value is -5.16. The summed E-state index contributed by atoms with van der Waals surface area (Å²) in [5.74, 6) is 0. The van der Waals surface area contributed by atoms with Gasteiger partial charge < -0.3 is 0 Å². The molecule has 0 atom stereocenters. The van der Waals surface area contributed by atoms with Crippen molar-refractivity contribution < 1.29 is 0 Å². The third-order valence-electron chi connectivity index (χ3n) is 9.31. The van der Waals surface area contributed by atoms with Crippen LogP contribution in [-0.2, 0) is 12.8 Å². The van der Waals surface area contributed by atoms with Gasteiger partial charge in [0.1, 0.15) is 11.0 Å². The van der Waals surface area contributed by atoms with Crippen molar-refractivity contribution in [2.24, 2.45) is 0 Å². The van der Waals surface area contributed by atoms with Crippen LogP contribution in [0.1, 0.15) is 44.7 Å². The molecule has 2 heterocycles. The molecule has 0 saturated carbocycles. The molecule has 2 aliphatic rings. The SMILES string of the molecule is C=Cc1sc(-c2ccc(-c3ccc4cc5c(cc4c3)CCC=C5)c3nsnc23)cc1/C=C/c1cc2cc(c1)CC=c1ccccc1=C2. The number of aromatic nitrogens is 2. The van der Waals surface area contributed by atoms with Gasteiger partial charge in [0.05, 0.1) is 11.7 Å². The summed E-state index contributed by atoms with van der Waals surface area (Å²) in [6, 6.07) is 33.6. The van der Waals surface area contributed by atoms with Crippen molar-refractivity contribution in [1.82, 2.24) is 8.75 Å². The lowest BCUT2D eigenvalue weighted by Gasteiger charge is -2.13. The van der Waals surface area contributed by atoms with E-state index in [0.29, 0.717) is 0 Å². The van der Waals surface area contributed by atoms with Gasteiger partial charge in [0.2, 0.25) is 0 Å². The van der Waals surface area contributed by atoms with Crippen LogP contribution in [-0.4, -0.2) is 8.75 Å². The molecule has 0 unspecified atom stereocenters. The second-order valence-corrected chi connectivity index (χ2v) is 13.9. The van der Waals surface area contributed by atoms with E-state index in [1.807, 2.05) is 6.08 Å². The Morgan fingerprint density at radius 3 is 2.55 bits per heavy atom. The van der Waals surface area contributed by atoms with Crippen LogP contribution in [0, 0.1) is 0 Å². The van der Waals surface area contributed by atoms with Crippen molar-refractivity contribution in [2.45, 2.75) is 19.3 Å². The van der Waals surface area contributed by atoms with E-state index in [-0.39, 0.29) is 0 Å². The third kappa shape index (κ3) is 5.20. The van der Waals surface area contributed by atoms with Gasteiger partial charge in [0.15, 0.2) is 0 Å².